The highest BCUT2D eigenvalue weighted by atomic mass is 16.7. The number of allylic oxidation sites excluding steroid dienone is 10. The molecule has 0 aromatic heterocycles. The zero-order valence-corrected chi connectivity index (χ0v) is 60.2. The van der Waals surface area contributed by atoms with Gasteiger partial charge >= 0.3 is 0 Å². The van der Waals surface area contributed by atoms with E-state index in [1.54, 1.807) is 0 Å². The predicted molar refractivity (Wildman–Crippen MR) is 387 cm³/mol. The molecule has 0 aromatic carbocycles. The van der Waals surface area contributed by atoms with Gasteiger partial charge in [0.1, 0.15) is 48.8 Å². The van der Waals surface area contributed by atoms with E-state index >= 15 is 0 Å². The summed E-state index contributed by atoms with van der Waals surface area (Å²) >= 11 is 0. The van der Waals surface area contributed by atoms with Crippen molar-refractivity contribution in [2.24, 2.45) is 0 Å². The van der Waals surface area contributed by atoms with E-state index in [2.05, 4.69) is 79.9 Å². The van der Waals surface area contributed by atoms with Crippen LogP contribution in [0, 0.1) is 0 Å². The molecule has 9 N–H and O–H groups in total. The van der Waals surface area contributed by atoms with Crippen LogP contribution >= 0.6 is 0 Å². The van der Waals surface area contributed by atoms with Crippen LogP contribution in [0.3, 0.4) is 0 Å². The van der Waals surface area contributed by atoms with Gasteiger partial charge in [-0.25, -0.2) is 0 Å². The van der Waals surface area contributed by atoms with Gasteiger partial charge in [-0.2, -0.15) is 0 Å². The van der Waals surface area contributed by atoms with E-state index in [9.17, 15) is 45.6 Å². The van der Waals surface area contributed by atoms with Crippen LogP contribution < -0.4 is 5.32 Å². The third-order valence-corrected chi connectivity index (χ3v) is 19.2. The number of unbranched alkanes of at least 4 members (excludes halogenated alkanes) is 43. The van der Waals surface area contributed by atoms with Crippen LogP contribution in [-0.2, 0) is 23.7 Å². The van der Waals surface area contributed by atoms with Crippen LogP contribution in [0.2, 0.25) is 0 Å². The second kappa shape index (κ2) is 64.1. The molecule has 2 aliphatic rings. The number of carbonyl (C=O) groups excluding carboxylic acids is 1. The highest BCUT2D eigenvalue weighted by Gasteiger charge is 2.51. The Bertz CT molecular complexity index is 1810. The van der Waals surface area contributed by atoms with Gasteiger partial charge in [0.2, 0.25) is 5.91 Å². The van der Waals surface area contributed by atoms with Crippen molar-refractivity contribution >= 4 is 5.91 Å². The molecule has 2 aliphatic heterocycles. The lowest BCUT2D eigenvalue weighted by atomic mass is 9.97. The molecule has 0 spiro atoms. The molecule has 0 aliphatic carbocycles. The third kappa shape index (κ3) is 46.9. The van der Waals surface area contributed by atoms with Crippen molar-refractivity contribution in [1.82, 2.24) is 5.32 Å². The number of amides is 1. The van der Waals surface area contributed by atoms with E-state index in [1.165, 1.54) is 238 Å². The lowest BCUT2D eigenvalue weighted by Gasteiger charge is -2.46. The minimum absolute atomic E-state index is 0.201. The normalized spacial score (nSPS) is 22.7. The van der Waals surface area contributed by atoms with Gasteiger partial charge in [-0.15, -0.1) is 0 Å². The first-order chi connectivity index (χ1) is 46.1. The van der Waals surface area contributed by atoms with Crippen LogP contribution in [0.4, 0.5) is 0 Å². The molecule has 2 fully saturated rings. The number of nitrogens with one attached hydrogen (secondary N) is 1. The van der Waals surface area contributed by atoms with Crippen molar-refractivity contribution in [3.05, 3.63) is 60.8 Å². The van der Waals surface area contributed by atoms with Crippen LogP contribution in [0.15, 0.2) is 60.8 Å². The molecule has 0 aromatic rings. The molecule has 2 rings (SSSR count). The Balaban J connectivity index is 1.60. The summed E-state index contributed by atoms with van der Waals surface area (Å²) in [6.07, 6.45) is 69.7. The zero-order chi connectivity index (χ0) is 68.0. The monoisotopic (exact) mass is 1330 g/mol. The van der Waals surface area contributed by atoms with E-state index in [0.717, 1.165) is 83.5 Å². The van der Waals surface area contributed by atoms with Gasteiger partial charge in [-0.05, 0) is 57.8 Å². The van der Waals surface area contributed by atoms with E-state index in [-0.39, 0.29) is 12.5 Å². The molecule has 12 unspecified atom stereocenters. The zero-order valence-electron chi connectivity index (χ0n) is 60.2. The Kier molecular flexibility index (Phi) is 59.8. The van der Waals surface area contributed by atoms with Gasteiger partial charge in [0, 0.05) is 6.42 Å². The third-order valence-electron chi connectivity index (χ3n) is 19.2. The summed E-state index contributed by atoms with van der Waals surface area (Å²) in [6, 6.07) is -0.831. The lowest BCUT2D eigenvalue weighted by molar-refractivity contribution is -0.359. The number of aliphatic hydroxyl groups is 8. The van der Waals surface area contributed by atoms with E-state index < -0.39 is 86.8 Å². The Morgan fingerprint density at radius 3 is 1.13 bits per heavy atom. The van der Waals surface area contributed by atoms with Gasteiger partial charge < -0.3 is 65.1 Å². The average Bonchev–Trinajstić information content (AvgIpc) is 0.794. The summed E-state index contributed by atoms with van der Waals surface area (Å²) in [5, 5.41) is 87.8. The van der Waals surface area contributed by atoms with E-state index in [0.29, 0.717) is 12.8 Å². The van der Waals surface area contributed by atoms with Crippen molar-refractivity contribution in [1.29, 1.82) is 0 Å². The quantitative estimate of drug-likeness (QED) is 0.0204. The summed E-state index contributed by atoms with van der Waals surface area (Å²) in [4.78, 5) is 13.4. The molecule has 0 bridgehead atoms. The lowest BCUT2D eigenvalue weighted by Crippen LogP contribution is -2.65. The number of aliphatic hydroxyl groups excluding tert-OH is 8. The molecule has 0 saturated carbocycles. The summed E-state index contributed by atoms with van der Waals surface area (Å²) in [5.74, 6) is -0.201. The summed E-state index contributed by atoms with van der Waals surface area (Å²) < 4.78 is 23.0. The van der Waals surface area contributed by atoms with E-state index in [4.69, 9.17) is 18.9 Å². The van der Waals surface area contributed by atoms with Crippen LogP contribution in [0.5, 0.6) is 0 Å². The molecule has 2 saturated heterocycles. The highest BCUT2D eigenvalue weighted by molar-refractivity contribution is 5.76. The molecule has 550 valence electrons. The largest absolute Gasteiger partial charge is 0.394 e. The smallest absolute Gasteiger partial charge is 0.220 e. The summed E-state index contributed by atoms with van der Waals surface area (Å²) in [5.41, 5.74) is 0. The SMILES string of the molecule is CC/C=C\C/C=C\C/C=C\C/C=C\C/C=C\CCCCCCCCCCCCCCCCCCCCCC(=O)NC(COC1OC(CO)C(OC2OC(CO)C(O)C(O)C2O)C(O)C1O)C(O)CCCCCCCCCCCCCCCCCCCCCCCCCCC. The topological polar surface area (TPSA) is 228 Å². The first-order valence-electron chi connectivity index (χ1n) is 39.5. The Hall–Kier alpha value is -2.31. The average molecular weight is 1330 g/mol. The number of carbonyl (C=O) groups is 1. The van der Waals surface area contributed by atoms with Gasteiger partial charge in [0.25, 0.3) is 0 Å². The second-order valence-electron chi connectivity index (χ2n) is 27.8. The number of hydrogen-bond acceptors (Lipinski definition) is 13. The first kappa shape index (κ1) is 87.8. The molecule has 94 heavy (non-hydrogen) atoms. The summed E-state index contributed by atoms with van der Waals surface area (Å²) in [6.45, 7) is 2.80. The number of rotatable bonds is 66. The second-order valence-corrected chi connectivity index (χ2v) is 27.8. The maximum atomic E-state index is 13.4. The van der Waals surface area contributed by atoms with Crippen molar-refractivity contribution < 1.29 is 64.6 Å². The van der Waals surface area contributed by atoms with Gasteiger partial charge in [0.05, 0.1) is 32.0 Å². The fraction of sp³-hybridized carbons (Fsp3) is 0.863. The van der Waals surface area contributed by atoms with Crippen molar-refractivity contribution in [3.63, 3.8) is 0 Å². The number of ether oxygens (including phenoxy) is 4. The number of hydrogen-bond donors (Lipinski definition) is 9. The Morgan fingerprint density at radius 1 is 0.394 bits per heavy atom. The standard InChI is InChI=1S/C80H147NO13/c1-3-5-7-9-11-13-15-17-19-21-23-25-27-29-30-31-32-33-34-35-36-37-38-40-42-44-46-48-50-52-54-56-58-60-62-64-72(85)81-68(67-91-79-77(90)75(88)78(71(66-83)93-79)94-80-76(89)74(87)73(86)70(65-82)92-80)69(84)63-61-59-57-55-53-51-49-47-45-43-41-39-28-26-24-22-20-18-16-14-12-10-8-6-4-2/h5,7,11,13,17,19,23,25,29-30,68-71,73-80,82-84,86-90H,3-4,6,8-10,12,14-16,18,20-22,24,26-28,31-67H2,1-2H3,(H,81,85)/b7-5-,13-11-,19-17-,25-23-,30-29-. The van der Waals surface area contributed by atoms with Gasteiger partial charge in [-0.3, -0.25) is 4.79 Å². The maximum Gasteiger partial charge on any atom is 0.220 e. The van der Waals surface area contributed by atoms with Crippen molar-refractivity contribution in [2.75, 3.05) is 19.8 Å². The van der Waals surface area contributed by atoms with Crippen LogP contribution in [-0.4, -0.2) is 140 Å². The predicted octanol–water partition coefficient (Wildman–Crippen LogP) is 17.6. The minimum atomic E-state index is -1.78. The fourth-order valence-electron chi connectivity index (χ4n) is 13.0. The van der Waals surface area contributed by atoms with Crippen molar-refractivity contribution in [2.45, 2.75) is 421 Å². The summed E-state index contributed by atoms with van der Waals surface area (Å²) in [7, 11) is 0. The molecule has 1 amide bonds. The Labute approximate surface area is 575 Å². The molecular weight excluding hydrogens is 1180 g/mol. The molecular formula is C80H147NO13. The molecule has 12 atom stereocenters. The van der Waals surface area contributed by atoms with Crippen LogP contribution in [0.1, 0.15) is 348 Å². The fourth-order valence-corrected chi connectivity index (χ4v) is 13.0. The van der Waals surface area contributed by atoms with E-state index in [1.807, 2.05) is 0 Å². The maximum absolute atomic E-state index is 13.4. The van der Waals surface area contributed by atoms with Crippen molar-refractivity contribution in [3.8, 4) is 0 Å². The highest BCUT2D eigenvalue weighted by Crippen LogP contribution is 2.30. The minimum Gasteiger partial charge on any atom is -0.394 e. The first-order valence-corrected chi connectivity index (χ1v) is 39.5. The molecule has 2 heterocycles. The molecule has 14 nitrogen and oxygen atoms in total. The van der Waals surface area contributed by atoms with Gasteiger partial charge in [0.15, 0.2) is 12.6 Å². The Morgan fingerprint density at radius 2 is 0.734 bits per heavy atom. The molecule has 14 heteroatoms. The van der Waals surface area contributed by atoms with Crippen LogP contribution in [0.25, 0.3) is 0 Å². The van der Waals surface area contributed by atoms with Gasteiger partial charge in [-0.1, -0.05) is 344 Å². The molecule has 0 radical (unpaired) electrons.